The molecule has 1 aromatic carbocycles. The summed E-state index contributed by atoms with van der Waals surface area (Å²) in [5, 5.41) is 19.9. The van der Waals surface area contributed by atoms with Gasteiger partial charge in [0.05, 0.1) is 22.9 Å². The van der Waals surface area contributed by atoms with E-state index in [2.05, 4.69) is 27.8 Å². The van der Waals surface area contributed by atoms with Gasteiger partial charge < -0.3 is 19.3 Å². The SMILES string of the molecule is CCN1CC[C@H]2CCN(c3nc4nc(-c5c(O)cc(C)cc5C#N)ccc4o3)[C@H]2C1. The normalized spacial score (nSPS) is 21.7. The van der Waals surface area contributed by atoms with Crippen LogP contribution in [0.4, 0.5) is 6.01 Å². The van der Waals surface area contributed by atoms with Gasteiger partial charge in [0.15, 0.2) is 5.58 Å². The van der Waals surface area contributed by atoms with E-state index in [1.165, 1.54) is 19.4 Å². The highest BCUT2D eigenvalue weighted by Gasteiger charge is 2.40. The highest BCUT2D eigenvalue weighted by Crippen LogP contribution is 2.37. The molecule has 4 heterocycles. The lowest BCUT2D eigenvalue weighted by atomic mass is 9.92. The third kappa shape index (κ3) is 3.08. The predicted molar refractivity (Wildman–Crippen MR) is 114 cm³/mol. The van der Waals surface area contributed by atoms with Crippen LogP contribution in [0, 0.1) is 24.2 Å². The minimum atomic E-state index is 0.0476. The van der Waals surface area contributed by atoms with E-state index < -0.39 is 0 Å². The number of rotatable bonds is 3. The minimum Gasteiger partial charge on any atom is -0.507 e. The molecule has 0 bridgehead atoms. The lowest BCUT2D eigenvalue weighted by molar-refractivity contribution is 0.180. The molecule has 2 aliphatic heterocycles. The number of benzene rings is 1. The Labute approximate surface area is 175 Å². The first-order valence-electron chi connectivity index (χ1n) is 10.6. The molecule has 0 spiro atoms. The second kappa shape index (κ2) is 7.29. The van der Waals surface area contributed by atoms with Crippen molar-refractivity contribution in [3.05, 3.63) is 35.4 Å². The van der Waals surface area contributed by atoms with E-state index >= 15 is 0 Å². The number of nitrogens with zero attached hydrogens (tertiary/aromatic N) is 5. The molecule has 2 aliphatic rings. The van der Waals surface area contributed by atoms with Crippen molar-refractivity contribution in [2.45, 2.75) is 32.7 Å². The van der Waals surface area contributed by atoms with Gasteiger partial charge in [-0.2, -0.15) is 10.2 Å². The molecular weight excluding hydrogens is 378 g/mol. The number of likely N-dealkylation sites (tertiary alicyclic amines) is 1. The van der Waals surface area contributed by atoms with Crippen LogP contribution in [-0.2, 0) is 0 Å². The van der Waals surface area contributed by atoms with Crippen LogP contribution in [0.1, 0.15) is 30.9 Å². The Morgan fingerprint density at radius 2 is 2.07 bits per heavy atom. The molecule has 7 heteroatoms. The van der Waals surface area contributed by atoms with Crippen LogP contribution < -0.4 is 4.90 Å². The topological polar surface area (TPSA) is 89.4 Å². The first-order chi connectivity index (χ1) is 14.6. The van der Waals surface area contributed by atoms with Crippen LogP contribution in [0.25, 0.3) is 22.5 Å². The standard InChI is InChI=1S/C23H25N5O2/c1-3-27-8-6-15-7-9-28(18(15)13-27)23-26-22-20(30-23)5-4-17(25-22)21-16(12-24)10-14(2)11-19(21)29/h4-5,10-11,15,18,29H,3,6-9,13H2,1-2H3/t15-,18-/m0/s1. The number of oxazole rings is 1. The van der Waals surface area contributed by atoms with Crippen molar-refractivity contribution < 1.29 is 9.52 Å². The van der Waals surface area contributed by atoms with Gasteiger partial charge in [0.2, 0.25) is 5.65 Å². The van der Waals surface area contributed by atoms with Crippen LogP contribution in [0.2, 0.25) is 0 Å². The summed E-state index contributed by atoms with van der Waals surface area (Å²) in [6.45, 7) is 8.28. The third-order valence-corrected chi connectivity index (χ3v) is 6.52. The number of phenols is 1. The van der Waals surface area contributed by atoms with Crippen molar-refractivity contribution in [3.63, 3.8) is 0 Å². The maximum absolute atomic E-state index is 10.4. The summed E-state index contributed by atoms with van der Waals surface area (Å²) in [5.41, 5.74) is 3.29. The van der Waals surface area contributed by atoms with Gasteiger partial charge in [-0.15, -0.1) is 0 Å². The van der Waals surface area contributed by atoms with Crippen LogP contribution in [-0.4, -0.2) is 52.2 Å². The van der Waals surface area contributed by atoms with Gasteiger partial charge in [0.1, 0.15) is 5.75 Å². The number of pyridine rings is 1. The number of fused-ring (bicyclic) bond motifs is 2. The number of hydrogen-bond donors (Lipinski definition) is 1. The fourth-order valence-corrected chi connectivity index (χ4v) is 4.92. The number of aromatic hydroxyl groups is 1. The van der Waals surface area contributed by atoms with Crippen LogP contribution in [0.15, 0.2) is 28.7 Å². The first-order valence-corrected chi connectivity index (χ1v) is 10.6. The minimum absolute atomic E-state index is 0.0476. The Morgan fingerprint density at radius 1 is 1.23 bits per heavy atom. The van der Waals surface area contributed by atoms with E-state index in [-0.39, 0.29) is 5.75 Å². The summed E-state index contributed by atoms with van der Waals surface area (Å²) in [4.78, 5) is 14.1. The maximum Gasteiger partial charge on any atom is 0.300 e. The predicted octanol–water partition coefficient (Wildman–Crippen LogP) is 3.70. The van der Waals surface area contributed by atoms with E-state index in [1.807, 2.05) is 13.0 Å². The number of likely N-dealkylation sites (N-methyl/N-ethyl adjacent to an activating group) is 1. The number of phenolic OH excluding ortho intramolecular Hbond substituents is 1. The van der Waals surface area contributed by atoms with Crippen molar-refractivity contribution >= 4 is 17.2 Å². The molecule has 0 aliphatic carbocycles. The number of nitriles is 1. The molecular formula is C23H25N5O2. The summed E-state index contributed by atoms with van der Waals surface area (Å²) in [6, 6.07) is 10.2. The van der Waals surface area contributed by atoms with Gasteiger partial charge in [-0.25, -0.2) is 4.98 Å². The van der Waals surface area contributed by atoms with E-state index in [9.17, 15) is 10.4 Å². The molecule has 0 unspecified atom stereocenters. The molecule has 7 nitrogen and oxygen atoms in total. The van der Waals surface area contributed by atoms with E-state index in [0.29, 0.717) is 46.0 Å². The molecule has 2 aromatic heterocycles. The fraction of sp³-hybridized carbons (Fsp3) is 0.435. The van der Waals surface area contributed by atoms with Crippen molar-refractivity contribution in [2.75, 3.05) is 31.1 Å². The average Bonchev–Trinajstić information content (AvgIpc) is 3.35. The lowest BCUT2D eigenvalue weighted by Crippen LogP contribution is -2.48. The van der Waals surface area contributed by atoms with Crippen LogP contribution in [0.3, 0.4) is 0 Å². The highest BCUT2D eigenvalue weighted by molar-refractivity contribution is 5.80. The monoisotopic (exact) mass is 403 g/mol. The Kier molecular flexibility index (Phi) is 4.59. The Hall–Kier alpha value is -3.11. The molecule has 3 aromatic rings. The summed E-state index contributed by atoms with van der Waals surface area (Å²) in [7, 11) is 0. The lowest BCUT2D eigenvalue weighted by Gasteiger charge is -2.37. The van der Waals surface area contributed by atoms with Crippen molar-refractivity contribution in [1.82, 2.24) is 14.9 Å². The Morgan fingerprint density at radius 3 is 2.87 bits per heavy atom. The van der Waals surface area contributed by atoms with E-state index in [0.717, 1.165) is 25.2 Å². The molecule has 5 rings (SSSR count). The number of piperidine rings is 1. The van der Waals surface area contributed by atoms with E-state index in [4.69, 9.17) is 9.40 Å². The number of hydrogen-bond acceptors (Lipinski definition) is 7. The van der Waals surface area contributed by atoms with Crippen molar-refractivity contribution in [2.24, 2.45) is 5.92 Å². The van der Waals surface area contributed by atoms with Gasteiger partial charge in [-0.1, -0.05) is 6.92 Å². The number of aromatic nitrogens is 2. The summed E-state index contributed by atoms with van der Waals surface area (Å²) < 4.78 is 6.07. The fourth-order valence-electron chi connectivity index (χ4n) is 4.92. The summed E-state index contributed by atoms with van der Waals surface area (Å²) in [5.74, 6) is 0.736. The molecule has 0 amide bonds. The Bertz CT molecular complexity index is 1150. The van der Waals surface area contributed by atoms with Gasteiger partial charge >= 0.3 is 0 Å². The highest BCUT2D eigenvalue weighted by atomic mass is 16.4. The zero-order valence-electron chi connectivity index (χ0n) is 17.3. The van der Waals surface area contributed by atoms with Gasteiger partial charge in [0.25, 0.3) is 6.01 Å². The van der Waals surface area contributed by atoms with Crippen LogP contribution >= 0.6 is 0 Å². The molecule has 0 radical (unpaired) electrons. The second-order valence-electron chi connectivity index (χ2n) is 8.32. The molecule has 2 fully saturated rings. The zero-order valence-corrected chi connectivity index (χ0v) is 17.3. The molecule has 154 valence electrons. The largest absolute Gasteiger partial charge is 0.507 e. The molecule has 30 heavy (non-hydrogen) atoms. The zero-order chi connectivity index (χ0) is 20.8. The first kappa shape index (κ1) is 18.9. The molecule has 1 N–H and O–H groups in total. The Balaban J connectivity index is 1.51. The van der Waals surface area contributed by atoms with Crippen molar-refractivity contribution in [3.8, 4) is 23.1 Å². The second-order valence-corrected chi connectivity index (χ2v) is 8.32. The molecule has 2 saturated heterocycles. The average molecular weight is 403 g/mol. The number of anilines is 1. The molecule has 0 saturated carbocycles. The number of aryl methyl sites for hydroxylation is 1. The third-order valence-electron chi connectivity index (χ3n) is 6.52. The van der Waals surface area contributed by atoms with Gasteiger partial charge in [0, 0.05) is 19.1 Å². The summed E-state index contributed by atoms with van der Waals surface area (Å²) in [6.07, 6.45) is 2.39. The summed E-state index contributed by atoms with van der Waals surface area (Å²) >= 11 is 0. The van der Waals surface area contributed by atoms with E-state index in [1.54, 1.807) is 18.2 Å². The van der Waals surface area contributed by atoms with Gasteiger partial charge in [-0.3, -0.25) is 0 Å². The van der Waals surface area contributed by atoms with Crippen molar-refractivity contribution in [1.29, 1.82) is 5.26 Å². The smallest absolute Gasteiger partial charge is 0.300 e. The maximum atomic E-state index is 10.4. The quantitative estimate of drug-likeness (QED) is 0.713. The van der Waals surface area contributed by atoms with Crippen LogP contribution in [0.5, 0.6) is 5.75 Å². The molecule has 2 atom stereocenters. The van der Waals surface area contributed by atoms with Gasteiger partial charge in [-0.05, 0) is 68.6 Å².